The highest BCUT2D eigenvalue weighted by Gasteiger charge is 2.29. The summed E-state index contributed by atoms with van der Waals surface area (Å²) >= 11 is 0. The maximum absolute atomic E-state index is 11.9. The molecule has 1 aliphatic rings. The molecule has 2 aromatic rings. The van der Waals surface area contributed by atoms with E-state index in [2.05, 4.69) is 15.3 Å². The molecule has 3 rings (SSSR count). The van der Waals surface area contributed by atoms with Gasteiger partial charge in [-0.1, -0.05) is 12.2 Å². The van der Waals surface area contributed by atoms with Gasteiger partial charge in [0.25, 0.3) is 0 Å². The van der Waals surface area contributed by atoms with Crippen LogP contribution in [0.25, 0.3) is 17.1 Å². The van der Waals surface area contributed by atoms with E-state index in [4.69, 9.17) is 20.3 Å². The lowest BCUT2D eigenvalue weighted by Crippen LogP contribution is -2.46. The Morgan fingerprint density at radius 2 is 2.29 bits per heavy atom. The predicted molar refractivity (Wildman–Crippen MR) is 106 cm³/mol. The summed E-state index contributed by atoms with van der Waals surface area (Å²) in [7, 11) is 1.58. The SMILES string of the molecule is COc1ccc2nccc(/C=C/[C@@H]3CC[C@@H](N)[C@@H](CC(=O)NCCO)O3)c2n1. The number of carbonyl (C=O) groups excluding carboxylic acids is 1. The Morgan fingerprint density at radius 3 is 3.07 bits per heavy atom. The lowest BCUT2D eigenvalue weighted by molar-refractivity contribution is -0.127. The number of aromatic nitrogens is 2. The molecule has 1 aliphatic heterocycles. The molecule has 0 aromatic carbocycles. The van der Waals surface area contributed by atoms with E-state index in [0.717, 1.165) is 29.4 Å². The van der Waals surface area contributed by atoms with Gasteiger partial charge in [-0.15, -0.1) is 0 Å². The predicted octanol–water partition coefficient (Wildman–Crippen LogP) is 1.03. The molecule has 0 unspecified atom stereocenters. The number of aliphatic hydroxyl groups excluding tert-OH is 1. The molecule has 4 N–H and O–H groups in total. The second-order valence-corrected chi connectivity index (χ2v) is 6.71. The molecule has 3 atom stereocenters. The molecule has 0 radical (unpaired) electrons. The standard InChI is InChI=1S/C20H26N4O4/c1-27-19-7-6-16-20(24-19)13(8-9-22-16)2-3-14-4-5-15(21)17(28-14)12-18(26)23-10-11-25/h2-3,6-9,14-15,17,25H,4-5,10-12,21H2,1H3,(H,23,26)/b3-2+/t14-,15-,17-/m1/s1. The molecule has 2 aromatic heterocycles. The molecule has 28 heavy (non-hydrogen) atoms. The number of nitrogens with zero attached hydrogens (tertiary/aromatic N) is 2. The maximum Gasteiger partial charge on any atom is 0.222 e. The van der Waals surface area contributed by atoms with Gasteiger partial charge in [0.05, 0.1) is 43.4 Å². The fourth-order valence-corrected chi connectivity index (χ4v) is 3.21. The van der Waals surface area contributed by atoms with Crippen LogP contribution < -0.4 is 15.8 Å². The summed E-state index contributed by atoms with van der Waals surface area (Å²) in [5.41, 5.74) is 8.58. The number of methoxy groups -OCH3 is 1. The number of amides is 1. The van der Waals surface area contributed by atoms with Gasteiger partial charge in [-0.25, -0.2) is 4.98 Å². The van der Waals surface area contributed by atoms with Gasteiger partial charge in [-0.05, 0) is 25.0 Å². The highest BCUT2D eigenvalue weighted by atomic mass is 16.5. The van der Waals surface area contributed by atoms with Gasteiger partial charge in [-0.2, -0.15) is 0 Å². The van der Waals surface area contributed by atoms with Crippen LogP contribution in [-0.4, -0.2) is 59.5 Å². The lowest BCUT2D eigenvalue weighted by atomic mass is 9.96. The summed E-state index contributed by atoms with van der Waals surface area (Å²) < 4.78 is 11.2. The summed E-state index contributed by atoms with van der Waals surface area (Å²) in [6, 6.07) is 5.35. The molecule has 1 amide bonds. The number of nitrogens with two attached hydrogens (primary N) is 1. The molecule has 1 fully saturated rings. The monoisotopic (exact) mass is 386 g/mol. The Kier molecular flexibility index (Phi) is 6.91. The molecule has 0 bridgehead atoms. The minimum atomic E-state index is -0.352. The van der Waals surface area contributed by atoms with Crippen molar-refractivity contribution < 1.29 is 19.4 Å². The average molecular weight is 386 g/mol. The van der Waals surface area contributed by atoms with Crippen LogP contribution in [0.3, 0.4) is 0 Å². The van der Waals surface area contributed by atoms with Crippen LogP contribution in [0.5, 0.6) is 5.88 Å². The summed E-state index contributed by atoms with van der Waals surface area (Å²) in [5, 5.41) is 11.4. The average Bonchev–Trinajstić information content (AvgIpc) is 2.72. The minimum Gasteiger partial charge on any atom is -0.481 e. The number of pyridine rings is 2. The highest BCUT2D eigenvalue weighted by molar-refractivity contribution is 5.84. The van der Waals surface area contributed by atoms with Crippen LogP contribution >= 0.6 is 0 Å². The zero-order valence-electron chi connectivity index (χ0n) is 15.9. The Hall–Kier alpha value is -2.55. The molecule has 0 aliphatic carbocycles. The smallest absolute Gasteiger partial charge is 0.222 e. The van der Waals surface area contributed by atoms with Crippen molar-refractivity contribution >= 4 is 23.0 Å². The van der Waals surface area contributed by atoms with Crippen LogP contribution in [0.2, 0.25) is 0 Å². The van der Waals surface area contributed by atoms with Crippen LogP contribution in [0.4, 0.5) is 0 Å². The molecular formula is C20H26N4O4. The van der Waals surface area contributed by atoms with Gasteiger partial charge in [0.2, 0.25) is 11.8 Å². The number of rotatable bonds is 7. The molecule has 150 valence electrons. The van der Waals surface area contributed by atoms with Crippen molar-refractivity contribution in [2.45, 2.75) is 37.5 Å². The van der Waals surface area contributed by atoms with Crippen molar-refractivity contribution in [2.24, 2.45) is 5.73 Å². The molecule has 3 heterocycles. The fraction of sp³-hybridized carbons (Fsp3) is 0.450. The number of carbonyl (C=O) groups is 1. The van der Waals surface area contributed by atoms with Gasteiger partial charge < -0.3 is 25.6 Å². The van der Waals surface area contributed by atoms with E-state index >= 15 is 0 Å². The summed E-state index contributed by atoms with van der Waals surface area (Å²) in [4.78, 5) is 20.7. The highest BCUT2D eigenvalue weighted by Crippen LogP contribution is 2.24. The first-order valence-electron chi connectivity index (χ1n) is 9.37. The molecule has 8 nitrogen and oxygen atoms in total. The zero-order chi connectivity index (χ0) is 19.9. The van der Waals surface area contributed by atoms with Crippen LogP contribution in [-0.2, 0) is 9.53 Å². The van der Waals surface area contributed by atoms with E-state index in [1.54, 1.807) is 19.4 Å². The third-order valence-electron chi connectivity index (χ3n) is 4.72. The summed E-state index contributed by atoms with van der Waals surface area (Å²) in [5.74, 6) is 0.361. The van der Waals surface area contributed by atoms with Crippen LogP contribution in [0.15, 0.2) is 30.5 Å². The van der Waals surface area contributed by atoms with E-state index in [0.29, 0.717) is 5.88 Å². The van der Waals surface area contributed by atoms with E-state index in [9.17, 15) is 4.79 Å². The Morgan fingerprint density at radius 1 is 1.43 bits per heavy atom. The van der Waals surface area contributed by atoms with Gasteiger partial charge in [0.15, 0.2) is 0 Å². The number of aliphatic hydroxyl groups is 1. The van der Waals surface area contributed by atoms with Crippen molar-refractivity contribution in [2.75, 3.05) is 20.3 Å². The van der Waals surface area contributed by atoms with Gasteiger partial charge in [-0.3, -0.25) is 9.78 Å². The third kappa shape index (κ3) is 5.03. The van der Waals surface area contributed by atoms with Gasteiger partial charge in [0, 0.05) is 30.4 Å². The first-order chi connectivity index (χ1) is 13.6. The van der Waals surface area contributed by atoms with Crippen molar-refractivity contribution in [3.8, 4) is 5.88 Å². The summed E-state index contributed by atoms with van der Waals surface area (Å²) in [6.45, 7) is 0.142. The maximum atomic E-state index is 11.9. The van der Waals surface area contributed by atoms with Crippen molar-refractivity contribution in [3.05, 3.63) is 36.0 Å². The lowest BCUT2D eigenvalue weighted by Gasteiger charge is -2.33. The Bertz CT molecular complexity index is 842. The van der Waals surface area contributed by atoms with E-state index in [1.807, 2.05) is 24.3 Å². The minimum absolute atomic E-state index is 0.0899. The number of nitrogens with one attached hydrogen (secondary N) is 1. The number of hydrogen-bond donors (Lipinski definition) is 3. The first kappa shape index (κ1) is 20.2. The van der Waals surface area contributed by atoms with Gasteiger partial charge >= 0.3 is 0 Å². The quantitative estimate of drug-likeness (QED) is 0.650. The van der Waals surface area contributed by atoms with E-state index in [-0.39, 0.29) is 43.7 Å². The summed E-state index contributed by atoms with van der Waals surface area (Å²) in [6.07, 6.45) is 6.92. The topological polar surface area (TPSA) is 120 Å². The van der Waals surface area contributed by atoms with Gasteiger partial charge in [0.1, 0.15) is 0 Å². The largest absolute Gasteiger partial charge is 0.481 e. The van der Waals surface area contributed by atoms with Crippen molar-refractivity contribution in [3.63, 3.8) is 0 Å². The van der Waals surface area contributed by atoms with Crippen molar-refractivity contribution in [1.82, 2.24) is 15.3 Å². The van der Waals surface area contributed by atoms with E-state index < -0.39 is 0 Å². The number of fused-ring (bicyclic) bond motifs is 1. The molecule has 0 saturated carbocycles. The second-order valence-electron chi connectivity index (χ2n) is 6.71. The fourth-order valence-electron chi connectivity index (χ4n) is 3.21. The second kappa shape index (κ2) is 9.59. The van der Waals surface area contributed by atoms with Crippen molar-refractivity contribution in [1.29, 1.82) is 0 Å². The normalized spacial score (nSPS) is 22.5. The van der Waals surface area contributed by atoms with Crippen LogP contribution in [0.1, 0.15) is 24.8 Å². The molecule has 8 heteroatoms. The third-order valence-corrected chi connectivity index (χ3v) is 4.72. The number of hydrogen-bond acceptors (Lipinski definition) is 7. The molecule has 0 spiro atoms. The first-order valence-corrected chi connectivity index (χ1v) is 9.37. The Labute approximate surface area is 163 Å². The zero-order valence-corrected chi connectivity index (χ0v) is 15.9. The Balaban J connectivity index is 1.70. The molecular weight excluding hydrogens is 360 g/mol. The molecule has 1 saturated heterocycles. The van der Waals surface area contributed by atoms with Crippen LogP contribution in [0, 0.1) is 0 Å². The number of ether oxygens (including phenoxy) is 2. The van der Waals surface area contributed by atoms with E-state index in [1.165, 1.54) is 0 Å².